The lowest BCUT2D eigenvalue weighted by Gasteiger charge is -2.28. The van der Waals surface area contributed by atoms with Crippen LogP contribution in [0.3, 0.4) is 0 Å². The van der Waals surface area contributed by atoms with E-state index in [-0.39, 0.29) is 0 Å². The van der Waals surface area contributed by atoms with E-state index in [1.54, 1.807) is 23.9 Å². The average Bonchev–Trinajstić information content (AvgIpc) is 3.21. The van der Waals surface area contributed by atoms with Gasteiger partial charge in [-0.2, -0.15) is 8.78 Å². The lowest BCUT2D eigenvalue weighted by molar-refractivity contribution is 0.121. The van der Waals surface area contributed by atoms with Crippen LogP contribution in [0.4, 0.5) is 14.7 Å². The zero-order valence-electron chi connectivity index (χ0n) is 17.6. The van der Waals surface area contributed by atoms with Crippen molar-refractivity contribution >= 4 is 29.5 Å². The number of rotatable bonds is 9. The molecule has 10 heteroatoms. The van der Waals surface area contributed by atoms with Gasteiger partial charge in [0, 0.05) is 18.8 Å². The second-order valence-corrected chi connectivity index (χ2v) is 9.08. The first kappa shape index (κ1) is 22.9. The molecular weight excluding hydrogens is 454 g/mol. The summed E-state index contributed by atoms with van der Waals surface area (Å²) in [6.45, 7) is 3.55. The Kier molecular flexibility index (Phi) is 7.88. The predicted molar refractivity (Wildman–Crippen MR) is 123 cm³/mol. The third-order valence-electron chi connectivity index (χ3n) is 4.99. The van der Waals surface area contributed by atoms with E-state index in [2.05, 4.69) is 31.8 Å². The van der Waals surface area contributed by atoms with E-state index in [4.69, 9.17) is 9.47 Å². The van der Waals surface area contributed by atoms with Gasteiger partial charge >= 0.3 is 0 Å². The minimum absolute atomic E-state index is 0.429. The number of alkyl halides is 2. The van der Waals surface area contributed by atoms with Crippen molar-refractivity contribution in [3.8, 4) is 5.75 Å². The second kappa shape index (κ2) is 11.0. The molecule has 4 rings (SSSR count). The van der Waals surface area contributed by atoms with Crippen molar-refractivity contribution < 1.29 is 18.3 Å². The summed E-state index contributed by atoms with van der Waals surface area (Å²) < 4.78 is 38.4. The Bertz CT molecular complexity index is 1010. The molecule has 32 heavy (non-hydrogen) atoms. The van der Waals surface area contributed by atoms with Crippen LogP contribution in [0.1, 0.15) is 11.1 Å². The first-order valence-electron chi connectivity index (χ1n) is 10.2. The van der Waals surface area contributed by atoms with Crippen LogP contribution in [0.15, 0.2) is 58.6 Å². The second-order valence-electron chi connectivity index (χ2n) is 7.11. The molecule has 0 unspecified atom stereocenters. The molecule has 0 amide bonds. The van der Waals surface area contributed by atoms with Crippen molar-refractivity contribution in [2.45, 2.75) is 28.1 Å². The molecule has 0 saturated carbocycles. The molecule has 1 fully saturated rings. The van der Waals surface area contributed by atoms with Crippen LogP contribution in [0.2, 0.25) is 0 Å². The molecule has 0 bridgehead atoms. The van der Waals surface area contributed by atoms with Crippen molar-refractivity contribution in [2.24, 2.45) is 0 Å². The van der Waals surface area contributed by atoms with E-state index >= 15 is 0 Å². The lowest BCUT2D eigenvalue weighted by Crippen LogP contribution is -2.38. The van der Waals surface area contributed by atoms with Gasteiger partial charge in [0.1, 0.15) is 5.75 Å². The van der Waals surface area contributed by atoms with E-state index in [1.807, 2.05) is 24.3 Å². The fraction of sp³-hybridized carbons (Fsp3) is 0.364. The summed E-state index contributed by atoms with van der Waals surface area (Å²) in [5.74, 6) is -0.584. The van der Waals surface area contributed by atoms with Crippen molar-refractivity contribution in [2.75, 3.05) is 38.3 Å². The molecule has 2 aromatic carbocycles. The molecular formula is C22H24F2N4O2S2. The molecule has 1 saturated heterocycles. The van der Waals surface area contributed by atoms with Gasteiger partial charge in [-0.3, -0.25) is 4.57 Å². The van der Waals surface area contributed by atoms with Gasteiger partial charge in [0.05, 0.1) is 31.8 Å². The molecule has 6 nitrogen and oxygen atoms in total. The number of methoxy groups -OCH3 is 1. The fourth-order valence-corrected chi connectivity index (χ4v) is 4.91. The Morgan fingerprint density at radius 1 is 1.06 bits per heavy atom. The van der Waals surface area contributed by atoms with Gasteiger partial charge in [-0.25, -0.2) is 0 Å². The molecule has 1 aliphatic heterocycles. The fourth-order valence-electron chi connectivity index (χ4n) is 3.43. The van der Waals surface area contributed by atoms with Crippen LogP contribution in [0.25, 0.3) is 0 Å². The smallest absolute Gasteiger partial charge is 0.289 e. The minimum atomic E-state index is -2.49. The number of halogens is 2. The van der Waals surface area contributed by atoms with E-state index in [0.29, 0.717) is 47.9 Å². The molecule has 0 atom stereocenters. The quantitative estimate of drug-likeness (QED) is 0.410. The van der Waals surface area contributed by atoms with Gasteiger partial charge in [-0.1, -0.05) is 59.9 Å². The van der Waals surface area contributed by atoms with Crippen LogP contribution in [0.5, 0.6) is 5.75 Å². The van der Waals surface area contributed by atoms with Gasteiger partial charge < -0.3 is 14.4 Å². The van der Waals surface area contributed by atoms with Crippen molar-refractivity contribution in [3.05, 3.63) is 59.7 Å². The summed E-state index contributed by atoms with van der Waals surface area (Å²) in [4.78, 5) is 2.63. The average molecular weight is 479 g/mol. The molecule has 0 N–H and O–H groups in total. The highest BCUT2D eigenvalue weighted by atomic mass is 32.2. The van der Waals surface area contributed by atoms with Gasteiger partial charge in [0.15, 0.2) is 5.16 Å². The lowest BCUT2D eigenvalue weighted by atomic mass is 10.2. The maximum atomic E-state index is 12.8. The van der Waals surface area contributed by atoms with E-state index < -0.39 is 5.76 Å². The summed E-state index contributed by atoms with van der Waals surface area (Å²) >= 11 is 2.05. The predicted octanol–water partition coefficient (Wildman–Crippen LogP) is 4.78. The number of aromatic nitrogens is 3. The molecule has 0 spiro atoms. The van der Waals surface area contributed by atoms with E-state index in [9.17, 15) is 8.78 Å². The zero-order valence-corrected chi connectivity index (χ0v) is 19.2. The molecule has 1 aliphatic rings. The zero-order chi connectivity index (χ0) is 22.3. The third kappa shape index (κ3) is 5.73. The maximum Gasteiger partial charge on any atom is 0.289 e. The highest BCUT2D eigenvalue weighted by Gasteiger charge is 2.21. The highest BCUT2D eigenvalue weighted by Crippen LogP contribution is 2.35. The Labute approximate surface area is 194 Å². The minimum Gasteiger partial charge on any atom is -0.496 e. The number of hydrogen-bond acceptors (Lipinski definition) is 7. The molecule has 170 valence electrons. The van der Waals surface area contributed by atoms with Gasteiger partial charge in [0.2, 0.25) is 5.95 Å². The van der Waals surface area contributed by atoms with Crippen LogP contribution < -0.4 is 9.64 Å². The summed E-state index contributed by atoms with van der Waals surface area (Å²) in [5.41, 5.74) is 2.13. The summed E-state index contributed by atoms with van der Waals surface area (Å²) in [5, 5.41) is 9.75. The number of thioether (sulfide) groups is 2. The number of ether oxygens (including phenoxy) is 2. The third-order valence-corrected chi connectivity index (χ3v) is 6.79. The van der Waals surface area contributed by atoms with Crippen molar-refractivity contribution in [1.82, 2.24) is 14.8 Å². The summed E-state index contributed by atoms with van der Waals surface area (Å²) in [6, 6.07) is 15.5. The molecule has 3 aromatic rings. The topological polar surface area (TPSA) is 52.4 Å². The number of hydrogen-bond donors (Lipinski definition) is 0. The van der Waals surface area contributed by atoms with Gasteiger partial charge in [-0.05, 0) is 23.3 Å². The standard InChI is InChI=1S/C22H24F2N4O2S2/c1-29-18-13-17(7-8-19(18)32-20(23)24)15-31-22-26-25-21(27-9-11-30-12-10-27)28(22)14-16-5-3-2-4-6-16/h2-8,13,20H,9-12,14-15H2,1H3. The Hall–Kier alpha value is -2.30. The van der Waals surface area contributed by atoms with Crippen molar-refractivity contribution in [3.63, 3.8) is 0 Å². The maximum absolute atomic E-state index is 12.8. The number of morpholine rings is 1. The first-order valence-corrected chi connectivity index (χ1v) is 12.0. The number of anilines is 1. The molecule has 2 heterocycles. The van der Waals surface area contributed by atoms with Crippen LogP contribution in [-0.4, -0.2) is 53.9 Å². The Morgan fingerprint density at radius 3 is 2.56 bits per heavy atom. The van der Waals surface area contributed by atoms with Crippen molar-refractivity contribution in [1.29, 1.82) is 0 Å². The summed E-state index contributed by atoms with van der Waals surface area (Å²) in [7, 11) is 1.49. The monoisotopic (exact) mass is 478 g/mol. The summed E-state index contributed by atoms with van der Waals surface area (Å²) in [6.07, 6.45) is 0. The SMILES string of the molecule is COc1cc(CSc2nnc(N3CCOCC3)n2Cc2ccccc2)ccc1SC(F)F. The number of benzene rings is 2. The Morgan fingerprint density at radius 2 is 1.84 bits per heavy atom. The first-order chi connectivity index (χ1) is 15.6. The van der Waals surface area contributed by atoms with Gasteiger partial charge in [-0.15, -0.1) is 10.2 Å². The number of nitrogens with zero attached hydrogens (tertiary/aromatic N) is 4. The van der Waals surface area contributed by atoms with Gasteiger partial charge in [0.25, 0.3) is 5.76 Å². The highest BCUT2D eigenvalue weighted by molar-refractivity contribution is 7.99. The van der Waals surface area contributed by atoms with Crippen LogP contribution >= 0.6 is 23.5 Å². The van der Waals surface area contributed by atoms with Crippen LogP contribution in [-0.2, 0) is 17.0 Å². The Balaban J connectivity index is 1.54. The largest absolute Gasteiger partial charge is 0.496 e. The van der Waals surface area contributed by atoms with Crippen LogP contribution in [0, 0.1) is 0 Å². The molecule has 1 aromatic heterocycles. The van der Waals surface area contributed by atoms with E-state index in [1.165, 1.54) is 12.7 Å². The molecule has 0 aliphatic carbocycles. The van der Waals surface area contributed by atoms with E-state index in [0.717, 1.165) is 29.8 Å². The molecule has 0 radical (unpaired) electrons. The normalized spacial score (nSPS) is 14.2.